The van der Waals surface area contributed by atoms with Gasteiger partial charge in [0.1, 0.15) is 11.6 Å². The molecular weight excluding hydrogens is 368 g/mol. The minimum atomic E-state index is -3.33. The standard InChI is InChI=1S/C14H17ClN6O3S/c1-8-9(5-16)13(15)11-6-17-14(19-21(8)11)18-10-3-4-20(7-12(10)22)25(2,23)24/h6,10,12,22H,3-4,7H2,1-2H3,(H,18,19)/t10-,12-/m1/s1. The molecule has 0 radical (unpaired) electrons. The Morgan fingerprint density at radius 2 is 2.24 bits per heavy atom. The van der Waals surface area contributed by atoms with Crippen LogP contribution in [0.3, 0.4) is 0 Å². The molecule has 134 valence electrons. The second-order valence-electron chi connectivity index (χ2n) is 5.99. The molecule has 2 aromatic heterocycles. The van der Waals surface area contributed by atoms with Gasteiger partial charge in [0, 0.05) is 13.1 Å². The van der Waals surface area contributed by atoms with Crippen molar-refractivity contribution in [1.29, 1.82) is 5.26 Å². The van der Waals surface area contributed by atoms with Gasteiger partial charge in [0.15, 0.2) is 0 Å². The number of sulfonamides is 1. The van der Waals surface area contributed by atoms with Gasteiger partial charge in [-0.15, -0.1) is 5.10 Å². The second-order valence-corrected chi connectivity index (χ2v) is 8.35. The van der Waals surface area contributed by atoms with Gasteiger partial charge in [0.25, 0.3) is 0 Å². The molecule has 1 aliphatic rings. The SMILES string of the molecule is Cc1c(C#N)c(Cl)c2cnc(N[C@@H]3CCN(S(C)(=O)=O)C[C@H]3O)nn12. The van der Waals surface area contributed by atoms with Crippen LogP contribution >= 0.6 is 11.6 Å². The number of anilines is 1. The van der Waals surface area contributed by atoms with Crippen LogP contribution in [0.15, 0.2) is 6.20 Å². The third kappa shape index (κ3) is 3.28. The highest BCUT2D eigenvalue weighted by Gasteiger charge is 2.32. The third-order valence-electron chi connectivity index (χ3n) is 4.30. The summed E-state index contributed by atoms with van der Waals surface area (Å²) in [6.07, 6.45) is 2.16. The van der Waals surface area contributed by atoms with E-state index in [1.807, 2.05) is 6.07 Å². The lowest BCUT2D eigenvalue weighted by Gasteiger charge is -2.34. The van der Waals surface area contributed by atoms with E-state index in [9.17, 15) is 13.5 Å². The zero-order chi connectivity index (χ0) is 18.4. The molecule has 0 bridgehead atoms. The first-order valence-electron chi connectivity index (χ1n) is 7.56. The van der Waals surface area contributed by atoms with Gasteiger partial charge in [-0.3, -0.25) is 0 Å². The summed E-state index contributed by atoms with van der Waals surface area (Å²) < 4.78 is 25.9. The maximum Gasteiger partial charge on any atom is 0.241 e. The quantitative estimate of drug-likeness (QED) is 0.783. The number of halogens is 1. The molecule has 9 nitrogen and oxygen atoms in total. The van der Waals surface area contributed by atoms with Crippen molar-refractivity contribution in [3.63, 3.8) is 0 Å². The van der Waals surface area contributed by atoms with Crippen molar-refractivity contribution in [1.82, 2.24) is 18.9 Å². The number of aromatic nitrogens is 3. The number of nitrogens with zero attached hydrogens (tertiary/aromatic N) is 5. The lowest BCUT2D eigenvalue weighted by atomic mass is 10.0. The molecule has 0 spiro atoms. The average Bonchev–Trinajstić information content (AvgIpc) is 2.79. The number of fused-ring (bicyclic) bond motifs is 1. The van der Waals surface area contributed by atoms with E-state index in [1.54, 1.807) is 6.92 Å². The number of nitrogens with one attached hydrogen (secondary N) is 1. The summed E-state index contributed by atoms with van der Waals surface area (Å²) in [5.41, 5.74) is 1.46. The summed E-state index contributed by atoms with van der Waals surface area (Å²) in [6.45, 7) is 2.06. The Kier molecular flexibility index (Phi) is 4.59. The van der Waals surface area contributed by atoms with Gasteiger partial charge < -0.3 is 10.4 Å². The van der Waals surface area contributed by atoms with Crippen LogP contribution in [0.5, 0.6) is 0 Å². The fourth-order valence-corrected chi connectivity index (χ4v) is 4.05. The van der Waals surface area contributed by atoms with Crippen molar-refractivity contribution < 1.29 is 13.5 Å². The summed E-state index contributed by atoms with van der Waals surface area (Å²) in [7, 11) is -3.33. The number of hydrogen-bond donors (Lipinski definition) is 2. The Labute approximate surface area is 149 Å². The van der Waals surface area contributed by atoms with Crippen molar-refractivity contribution in [3.8, 4) is 6.07 Å². The topological polar surface area (TPSA) is 124 Å². The van der Waals surface area contributed by atoms with Crippen molar-refractivity contribution in [3.05, 3.63) is 22.5 Å². The minimum absolute atomic E-state index is 0.0195. The zero-order valence-electron chi connectivity index (χ0n) is 13.6. The van der Waals surface area contributed by atoms with E-state index < -0.39 is 16.1 Å². The third-order valence-corrected chi connectivity index (χ3v) is 5.95. The number of rotatable bonds is 3. The first kappa shape index (κ1) is 17.9. The van der Waals surface area contributed by atoms with E-state index in [2.05, 4.69) is 15.4 Å². The van der Waals surface area contributed by atoms with Crippen molar-refractivity contribution in [2.45, 2.75) is 25.5 Å². The largest absolute Gasteiger partial charge is 0.390 e. The van der Waals surface area contributed by atoms with Crippen LogP contribution in [0.1, 0.15) is 17.7 Å². The number of aryl methyl sites for hydroxylation is 1. The van der Waals surface area contributed by atoms with Gasteiger partial charge in [0.2, 0.25) is 16.0 Å². The predicted octanol–water partition coefficient (Wildman–Crippen LogP) is 0.369. The van der Waals surface area contributed by atoms with Crippen molar-refractivity contribution >= 4 is 33.1 Å². The number of piperidine rings is 1. The average molecular weight is 385 g/mol. The maximum absolute atomic E-state index is 11.6. The smallest absolute Gasteiger partial charge is 0.241 e. The highest BCUT2D eigenvalue weighted by atomic mass is 35.5. The fourth-order valence-electron chi connectivity index (χ4n) is 2.88. The van der Waals surface area contributed by atoms with Gasteiger partial charge in [-0.25, -0.2) is 17.9 Å². The van der Waals surface area contributed by atoms with Crippen LogP contribution in [-0.4, -0.2) is 63.9 Å². The fraction of sp³-hybridized carbons (Fsp3) is 0.500. The maximum atomic E-state index is 11.6. The van der Waals surface area contributed by atoms with E-state index in [0.717, 1.165) is 6.26 Å². The highest BCUT2D eigenvalue weighted by Crippen LogP contribution is 2.27. The van der Waals surface area contributed by atoms with Crippen LogP contribution in [0.25, 0.3) is 5.52 Å². The van der Waals surface area contributed by atoms with E-state index in [1.165, 1.54) is 15.0 Å². The van der Waals surface area contributed by atoms with Gasteiger partial charge in [-0.1, -0.05) is 11.6 Å². The first-order valence-corrected chi connectivity index (χ1v) is 9.78. The van der Waals surface area contributed by atoms with Crippen LogP contribution < -0.4 is 5.32 Å². The molecule has 3 heterocycles. The van der Waals surface area contributed by atoms with E-state index in [4.69, 9.17) is 16.9 Å². The number of aliphatic hydroxyl groups is 1. The molecule has 25 heavy (non-hydrogen) atoms. The van der Waals surface area contributed by atoms with Gasteiger partial charge in [0.05, 0.1) is 40.9 Å². The summed E-state index contributed by atoms with van der Waals surface area (Å²) in [5.74, 6) is 0.267. The Balaban J connectivity index is 1.82. The Morgan fingerprint density at radius 1 is 1.52 bits per heavy atom. The predicted molar refractivity (Wildman–Crippen MR) is 91.9 cm³/mol. The summed E-state index contributed by atoms with van der Waals surface area (Å²) >= 11 is 6.14. The number of aliphatic hydroxyl groups excluding tert-OH is 1. The molecule has 1 fully saturated rings. The van der Waals surface area contributed by atoms with Gasteiger partial charge in [-0.2, -0.15) is 9.57 Å². The van der Waals surface area contributed by atoms with Crippen LogP contribution in [0.2, 0.25) is 5.02 Å². The summed E-state index contributed by atoms with van der Waals surface area (Å²) in [5, 5.41) is 27.0. The van der Waals surface area contributed by atoms with Crippen molar-refractivity contribution in [2.75, 3.05) is 24.7 Å². The van der Waals surface area contributed by atoms with Crippen LogP contribution in [-0.2, 0) is 10.0 Å². The molecule has 0 saturated carbocycles. The van der Waals surface area contributed by atoms with Crippen LogP contribution in [0.4, 0.5) is 5.95 Å². The molecule has 2 atom stereocenters. The second kappa shape index (κ2) is 6.42. The molecule has 0 unspecified atom stereocenters. The summed E-state index contributed by atoms with van der Waals surface area (Å²) in [4.78, 5) is 4.17. The molecule has 2 N–H and O–H groups in total. The first-order chi connectivity index (χ1) is 11.7. The Bertz CT molecular complexity index is 967. The Morgan fingerprint density at radius 3 is 2.84 bits per heavy atom. The number of nitriles is 1. The van der Waals surface area contributed by atoms with Gasteiger partial charge >= 0.3 is 0 Å². The lowest BCUT2D eigenvalue weighted by Crippen LogP contribution is -2.51. The lowest BCUT2D eigenvalue weighted by molar-refractivity contribution is 0.0950. The van der Waals surface area contributed by atoms with E-state index >= 15 is 0 Å². The number of hydrogen-bond acceptors (Lipinski definition) is 7. The zero-order valence-corrected chi connectivity index (χ0v) is 15.2. The highest BCUT2D eigenvalue weighted by molar-refractivity contribution is 7.88. The Hall–Kier alpha value is -1.93. The molecular formula is C14H17ClN6O3S. The van der Waals surface area contributed by atoms with Crippen LogP contribution in [0, 0.1) is 18.3 Å². The van der Waals surface area contributed by atoms with Crippen molar-refractivity contribution in [2.24, 2.45) is 0 Å². The molecule has 11 heteroatoms. The van der Waals surface area contributed by atoms with Gasteiger partial charge in [-0.05, 0) is 13.3 Å². The normalized spacial score (nSPS) is 22.0. The molecule has 1 saturated heterocycles. The van der Waals surface area contributed by atoms with E-state index in [0.29, 0.717) is 34.8 Å². The molecule has 2 aromatic rings. The van der Waals surface area contributed by atoms with E-state index in [-0.39, 0.29) is 18.5 Å². The number of β-amino-alcohol motifs (C(OH)–C–C–N with tert-alkyl or cyclic N) is 1. The molecule has 1 aliphatic heterocycles. The monoisotopic (exact) mass is 384 g/mol. The molecule has 0 amide bonds. The molecule has 3 rings (SSSR count). The minimum Gasteiger partial charge on any atom is -0.390 e. The molecule has 0 aromatic carbocycles. The molecule has 0 aliphatic carbocycles. The summed E-state index contributed by atoms with van der Waals surface area (Å²) in [6, 6.07) is 1.66.